The average molecular weight is 496 g/mol. The zero-order valence-corrected chi connectivity index (χ0v) is 19.6. The van der Waals surface area contributed by atoms with Crippen LogP contribution in [0.5, 0.6) is 0 Å². The fraction of sp³-hybridized carbons (Fsp3) is 0.286. The number of allylic oxidation sites excluding steroid dienone is 2. The van der Waals surface area contributed by atoms with Crippen LogP contribution in [0.25, 0.3) is 0 Å². The van der Waals surface area contributed by atoms with Gasteiger partial charge in [0.05, 0.1) is 12.3 Å². The number of thiazole rings is 1. The molecule has 0 radical (unpaired) electrons. The Balaban J connectivity index is 1.90. The van der Waals surface area contributed by atoms with Crippen molar-refractivity contribution in [1.82, 2.24) is 15.2 Å². The van der Waals surface area contributed by atoms with E-state index in [-0.39, 0.29) is 18.9 Å². The molecule has 0 bridgehead atoms. The summed E-state index contributed by atoms with van der Waals surface area (Å²) in [7, 11) is -3.32. The number of halogens is 1. The highest BCUT2D eigenvalue weighted by Gasteiger charge is 2.36. The van der Waals surface area contributed by atoms with Gasteiger partial charge in [-0.2, -0.15) is 0 Å². The minimum Gasteiger partial charge on any atom is -0.464 e. The third kappa shape index (κ3) is 6.65. The molecule has 1 aromatic carbocycles. The van der Waals surface area contributed by atoms with Gasteiger partial charge in [-0.05, 0) is 23.9 Å². The maximum Gasteiger partial charge on any atom is 0.323 e. The molecule has 0 saturated heterocycles. The summed E-state index contributed by atoms with van der Waals surface area (Å²) in [6.45, 7) is -0.165. The molecule has 1 aliphatic rings. The van der Waals surface area contributed by atoms with Crippen molar-refractivity contribution in [3.05, 3.63) is 75.9 Å². The van der Waals surface area contributed by atoms with Gasteiger partial charge in [0.15, 0.2) is 20.2 Å². The van der Waals surface area contributed by atoms with Crippen LogP contribution in [0.2, 0.25) is 4.47 Å². The minimum atomic E-state index is -3.32. The van der Waals surface area contributed by atoms with Gasteiger partial charge in [0.1, 0.15) is 12.8 Å². The lowest BCUT2D eigenvalue weighted by Gasteiger charge is -2.33. The lowest BCUT2D eigenvalue weighted by atomic mass is 9.97. The van der Waals surface area contributed by atoms with Gasteiger partial charge in [0.25, 0.3) is 0 Å². The second-order valence-corrected chi connectivity index (χ2v) is 11.0. The molecule has 8 nitrogen and oxygen atoms in total. The first-order valence-electron chi connectivity index (χ1n) is 9.64. The van der Waals surface area contributed by atoms with Crippen molar-refractivity contribution in [2.45, 2.75) is 18.6 Å². The molecule has 0 fully saturated rings. The maximum absolute atomic E-state index is 13.7. The molecule has 0 spiro atoms. The topological polar surface area (TPSA) is 106 Å². The van der Waals surface area contributed by atoms with Gasteiger partial charge in [0.2, 0.25) is 5.91 Å². The lowest BCUT2D eigenvalue weighted by molar-refractivity contribution is -0.152. The highest BCUT2D eigenvalue weighted by molar-refractivity contribution is 7.90. The van der Waals surface area contributed by atoms with E-state index in [1.807, 2.05) is 0 Å². The first kappa shape index (κ1) is 24.0. The lowest BCUT2D eigenvalue weighted by Crippen LogP contribution is -2.49. The molecule has 1 amide bonds. The van der Waals surface area contributed by atoms with E-state index in [1.54, 1.807) is 61.0 Å². The van der Waals surface area contributed by atoms with Gasteiger partial charge < -0.3 is 15.0 Å². The molecule has 2 atom stereocenters. The smallest absolute Gasteiger partial charge is 0.323 e. The Morgan fingerprint density at radius 2 is 2.03 bits per heavy atom. The molecule has 3 rings (SSSR count). The molecular formula is C21H22ClN3O5S2. The second kappa shape index (κ2) is 10.8. The molecule has 1 aromatic heterocycles. The predicted octanol–water partition coefficient (Wildman–Crippen LogP) is 2.50. The largest absolute Gasteiger partial charge is 0.464 e. The molecule has 2 unspecified atom stereocenters. The Morgan fingerprint density at radius 3 is 2.62 bits per heavy atom. The third-order valence-electron chi connectivity index (χ3n) is 4.55. The number of sulfone groups is 1. The van der Waals surface area contributed by atoms with E-state index >= 15 is 0 Å². The van der Waals surface area contributed by atoms with E-state index in [0.717, 1.165) is 11.1 Å². The summed E-state index contributed by atoms with van der Waals surface area (Å²) in [5, 5.41) is 3.09. The van der Waals surface area contributed by atoms with E-state index in [2.05, 4.69) is 10.3 Å². The van der Waals surface area contributed by atoms with Crippen molar-refractivity contribution in [2.75, 3.05) is 18.6 Å². The van der Waals surface area contributed by atoms with Gasteiger partial charge in [0, 0.05) is 17.3 Å². The Labute approximate surface area is 195 Å². The average Bonchev–Trinajstić information content (AvgIpc) is 3.17. The number of amides is 1. The highest BCUT2D eigenvalue weighted by Crippen LogP contribution is 2.26. The number of hydrogen-bond donors (Lipinski definition) is 1. The number of ether oxygens (including phenoxy) is 1. The number of aromatic nitrogens is 1. The quantitative estimate of drug-likeness (QED) is 0.421. The van der Waals surface area contributed by atoms with Crippen molar-refractivity contribution in [1.29, 1.82) is 0 Å². The van der Waals surface area contributed by atoms with Crippen LogP contribution >= 0.6 is 22.9 Å². The summed E-state index contributed by atoms with van der Waals surface area (Å²) in [6, 6.07) is 8.52. The Kier molecular flexibility index (Phi) is 8.05. The van der Waals surface area contributed by atoms with Crippen LogP contribution in [0.15, 0.2) is 61.0 Å². The van der Waals surface area contributed by atoms with Crippen molar-refractivity contribution in [3.63, 3.8) is 0 Å². The van der Waals surface area contributed by atoms with Gasteiger partial charge in [-0.3, -0.25) is 9.59 Å². The van der Waals surface area contributed by atoms with Gasteiger partial charge in [-0.1, -0.05) is 48.0 Å². The number of carbonyl (C=O) groups excluding carboxylic acids is 2. The molecule has 2 aromatic rings. The van der Waals surface area contributed by atoms with E-state index < -0.39 is 33.8 Å². The number of nitrogens with zero attached hydrogens (tertiary/aromatic N) is 2. The summed E-state index contributed by atoms with van der Waals surface area (Å²) in [4.78, 5) is 32.9. The second-order valence-electron chi connectivity index (χ2n) is 7.04. The normalized spacial score (nSPS) is 16.2. The number of nitrogens with one attached hydrogen (secondary N) is 1. The summed E-state index contributed by atoms with van der Waals surface area (Å²) >= 11 is 7.19. The zero-order chi connectivity index (χ0) is 23.1. The van der Waals surface area contributed by atoms with E-state index in [9.17, 15) is 18.0 Å². The van der Waals surface area contributed by atoms with Crippen molar-refractivity contribution in [3.8, 4) is 0 Å². The Morgan fingerprint density at radius 1 is 1.28 bits per heavy atom. The maximum atomic E-state index is 13.7. The molecule has 32 heavy (non-hydrogen) atoms. The van der Waals surface area contributed by atoms with Gasteiger partial charge in [-0.15, -0.1) is 11.3 Å². The standard InChI is InChI=1S/C21H22ClN3O5S2/c1-32(28,29)12-11-30-20(27)18(15-7-3-2-4-8-15)19(26)25(17-9-5-6-10-23-17)14-16-13-24-21(22)31-16/h2-10,13,17-18,23H,11-12,14H2,1H3. The molecule has 0 aliphatic carbocycles. The minimum absolute atomic E-state index is 0.166. The van der Waals surface area contributed by atoms with E-state index in [1.165, 1.54) is 16.2 Å². The number of dihydropyridines is 1. The Bertz CT molecular complexity index is 1120. The predicted molar refractivity (Wildman–Crippen MR) is 123 cm³/mol. The van der Waals surface area contributed by atoms with Crippen LogP contribution < -0.4 is 5.32 Å². The van der Waals surface area contributed by atoms with Crippen molar-refractivity contribution in [2.24, 2.45) is 0 Å². The molecule has 0 saturated carbocycles. The fourth-order valence-electron chi connectivity index (χ4n) is 3.03. The molecule has 170 valence electrons. The van der Waals surface area contributed by atoms with Gasteiger partial charge in [-0.25, -0.2) is 13.4 Å². The molecule has 1 aliphatic heterocycles. The molecule has 1 N–H and O–H groups in total. The molecular weight excluding hydrogens is 474 g/mol. The third-order valence-corrected chi connectivity index (χ3v) is 6.56. The number of carbonyl (C=O) groups is 2. The fourth-order valence-corrected chi connectivity index (χ4v) is 4.40. The van der Waals surface area contributed by atoms with Crippen LogP contribution in [0.1, 0.15) is 16.4 Å². The highest BCUT2D eigenvalue weighted by atomic mass is 35.5. The summed E-state index contributed by atoms with van der Waals surface area (Å²) < 4.78 is 28.3. The first-order chi connectivity index (χ1) is 15.2. The van der Waals surface area contributed by atoms with Crippen LogP contribution in [-0.4, -0.2) is 55.0 Å². The number of esters is 1. The summed E-state index contributed by atoms with van der Waals surface area (Å²) in [6.07, 6.45) is 9.20. The SMILES string of the molecule is CS(=O)(=O)CCOC(=O)C(C(=O)N(Cc1cnc(Cl)s1)C1C=CC=CN1)c1ccccc1. The van der Waals surface area contributed by atoms with Crippen LogP contribution in [0.3, 0.4) is 0 Å². The summed E-state index contributed by atoms with van der Waals surface area (Å²) in [5.41, 5.74) is 0.449. The molecule has 11 heteroatoms. The van der Waals surface area contributed by atoms with Crippen LogP contribution in [-0.2, 0) is 30.7 Å². The first-order valence-corrected chi connectivity index (χ1v) is 12.9. The Hall–Kier alpha value is -2.69. The van der Waals surface area contributed by atoms with E-state index in [4.69, 9.17) is 16.3 Å². The van der Waals surface area contributed by atoms with Crippen molar-refractivity contribution >= 4 is 44.7 Å². The zero-order valence-electron chi connectivity index (χ0n) is 17.2. The van der Waals surface area contributed by atoms with E-state index in [0.29, 0.717) is 10.0 Å². The monoisotopic (exact) mass is 495 g/mol. The number of benzene rings is 1. The summed E-state index contributed by atoms with van der Waals surface area (Å²) in [5.74, 6) is -2.90. The van der Waals surface area contributed by atoms with Gasteiger partial charge >= 0.3 is 5.97 Å². The van der Waals surface area contributed by atoms with Crippen molar-refractivity contribution < 1.29 is 22.7 Å². The molecule has 2 heterocycles. The van der Waals surface area contributed by atoms with Crippen LogP contribution in [0, 0.1) is 0 Å². The number of rotatable bonds is 9. The number of hydrogen-bond acceptors (Lipinski definition) is 8. The van der Waals surface area contributed by atoms with Crippen LogP contribution in [0.4, 0.5) is 0 Å².